The van der Waals surface area contributed by atoms with Gasteiger partial charge in [-0.2, -0.15) is 0 Å². The van der Waals surface area contributed by atoms with E-state index in [4.69, 9.17) is 5.73 Å². The van der Waals surface area contributed by atoms with Crippen molar-refractivity contribution >= 4 is 12.4 Å². The summed E-state index contributed by atoms with van der Waals surface area (Å²) in [4.78, 5) is 0. The first kappa shape index (κ1) is 13.3. The van der Waals surface area contributed by atoms with E-state index in [0.29, 0.717) is 5.92 Å². The number of nitrogens with two attached hydrogens (primary N) is 1. The summed E-state index contributed by atoms with van der Waals surface area (Å²) in [6, 6.07) is 0.0188. The summed E-state index contributed by atoms with van der Waals surface area (Å²) in [6.07, 6.45) is 4.40. The number of aliphatic hydroxyl groups is 1. The number of halogens is 1. The quantitative estimate of drug-likeness (QED) is 0.769. The average Bonchev–Trinajstić information content (AvgIpc) is 2.43. The minimum atomic E-state index is -0.267. The summed E-state index contributed by atoms with van der Waals surface area (Å²) in [7, 11) is 0. The molecule has 2 nitrogen and oxygen atoms in total. The smallest absolute Gasteiger partial charge is 0.0755 e. The Morgan fingerprint density at radius 3 is 2.40 bits per heavy atom. The van der Waals surface area contributed by atoms with Crippen LogP contribution in [0.25, 0.3) is 0 Å². The van der Waals surface area contributed by atoms with Crippen molar-refractivity contribution in [3.05, 3.63) is 0 Å². The number of hydrogen-bond donors (Lipinski definition) is 2. The lowest BCUT2D eigenvalue weighted by Crippen LogP contribution is -2.45. The minimum absolute atomic E-state index is 0. The summed E-state index contributed by atoms with van der Waals surface area (Å²) in [6.45, 7) is 6.81. The van der Waals surface area contributed by atoms with Crippen LogP contribution in [-0.2, 0) is 0 Å². The maximum atomic E-state index is 10.3. The number of aliphatic hydroxyl groups excluding tert-OH is 1. The maximum absolute atomic E-state index is 10.3. The van der Waals surface area contributed by atoms with Gasteiger partial charge in [0.15, 0.2) is 0 Å². The van der Waals surface area contributed by atoms with E-state index >= 15 is 0 Å². The lowest BCUT2D eigenvalue weighted by molar-refractivity contribution is -0.0164. The molecule has 0 aliphatic heterocycles. The molecule has 0 aromatic rings. The fraction of sp³-hybridized carbons (Fsp3) is 1.00. The molecule has 0 heterocycles. The molecular weight excluding hydrogens is 210 g/mol. The van der Waals surface area contributed by atoms with Crippen LogP contribution in [0.3, 0.4) is 0 Å². The number of hydrogen-bond acceptors (Lipinski definition) is 2. The molecule has 0 aromatic heterocycles. The average molecular weight is 234 g/mol. The summed E-state index contributed by atoms with van der Waals surface area (Å²) in [5.74, 6) is 0.532. The van der Waals surface area contributed by atoms with Gasteiger partial charge in [-0.1, -0.05) is 27.2 Å². The van der Waals surface area contributed by atoms with Crippen LogP contribution in [0.2, 0.25) is 0 Å². The van der Waals surface area contributed by atoms with Gasteiger partial charge < -0.3 is 10.8 Å². The van der Waals surface area contributed by atoms with Crippen molar-refractivity contribution in [2.45, 2.75) is 58.6 Å². The van der Waals surface area contributed by atoms with E-state index in [0.717, 1.165) is 12.8 Å². The third kappa shape index (κ3) is 1.38. The van der Waals surface area contributed by atoms with Gasteiger partial charge in [0.1, 0.15) is 0 Å². The molecule has 2 bridgehead atoms. The zero-order chi connectivity index (χ0) is 10.6. The Bertz CT molecular complexity index is 244. The third-order valence-electron chi connectivity index (χ3n) is 5.20. The molecular formula is C12H24ClNO. The molecule has 0 amide bonds. The van der Waals surface area contributed by atoms with E-state index in [1.165, 1.54) is 12.8 Å². The highest BCUT2D eigenvalue weighted by Crippen LogP contribution is 2.66. The Kier molecular flexibility index (Phi) is 3.45. The molecule has 0 saturated heterocycles. The standard InChI is InChI=1S/C12H23NO.ClH/c1-4-6-12-7-5-8(11(12,2)3)9(13)10(12)14;/h8-10,14H,4-7,13H2,1-3H3;1H. The van der Waals surface area contributed by atoms with Gasteiger partial charge in [0, 0.05) is 11.5 Å². The zero-order valence-electron chi connectivity index (χ0n) is 9.99. The van der Waals surface area contributed by atoms with Crippen LogP contribution < -0.4 is 5.73 Å². The Morgan fingerprint density at radius 1 is 1.40 bits per heavy atom. The molecule has 15 heavy (non-hydrogen) atoms. The second kappa shape index (κ2) is 3.90. The van der Waals surface area contributed by atoms with Gasteiger partial charge in [0.05, 0.1) is 6.10 Å². The van der Waals surface area contributed by atoms with Gasteiger partial charge in [-0.3, -0.25) is 0 Å². The van der Waals surface area contributed by atoms with Crippen molar-refractivity contribution in [1.82, 2.24) is 0 Å². The third-order valence-corrected chi connectivity index (χ3v) is 5.20. The largest absolute Gasteiger partial charge is 0.391 e. The highest BCUT2D eigenvalue weighted by molar-refractivity contribution is 5.85. The SMILES string of the molecule is CCCC12CCC(C(N)C1O)C2(C)C.Cl. The van der Waals surface area contributed by atoms with Crippen molar-refractivity contribution in [2.75, 3.05) is 0 Å². The second-order valence-corrected chi connectivity index (χ2v) is 5.80. The zero-order valence-corrected chi connectivity index (χ0v) is 10.8. The van der Waals surface area contributed by atoms with Crippen LogP contribution in [0, 0.1) is 16.7 Å². The van der Waals surface area contributed by atoms with E-state index in [-0.39, 0.29) is 35.4 Å². The van der Waals surface area contributed by atoms with Gasteiger partial charge in [0.2, 0.25) is 0 Å². The molecule has 3 heteroatoms. The molecule has 4 atom stereocenters. The minimum Gasteiger partial charge on any atom is -0.391 e. The fourth-order valence-electron chi connectivity index (χ4n) is 4.30. The predicted molar refractivity (Wildman–Crippen MR) is 65.1 cm³/mol. The first-order chi connectivity index (χ1) is 6.47. The topological polar surface area (TPSA) is 46.2 Å². The normalized spacial score (nSPS) is 46.6. The van der Waals surface area contributed by atoms with Crippen molar-refractivity contribution < 1.29 is 5.11 Å². The van der Waals surface area contributed by atoms with E-state index in [9.17, 15) is 5.11 Å². The van der Waals surface area contributed by atoms with Gasteiger partial charge in [-0.25, -0.2) is 0 Å². The van der Waals surface area contributed by atoms with E-state index in [2.05, 4.69) is 20.8 Å². The Labute approximate surface area is 99.0 Å². The van der Waals surface area contributed by atoms with Gasteiger partial charge in [-0.05, 0) is 30.6 Å². The molecule has 4 unspecified atom stereocenters. The Balaban J connectivity index is 0.00000112. The molecule has 0 aromatic carbocycles. The van der Waals surface area contributed by atoms with Crippen molar-refractivity contribution in [3.63, 3.8) is 0 Å². The van der Waals surface area contributed by atoms with Crippen molar-refractivity contribution in [3.8, 4) is 0 Å². The molecule has 2 saturated carbocycles. The highest BCUT2D eigenvalue weighted by atomic mass is 35.5. The number of fused-ring (bicyclic) bond motifs is 2. The summed E-state index contributed by atoms with van der Waals surface area (Å²) in [5, 5.41) is 10.3. The summed E-state index contributed by atoms with van der Waals surface area (Å²) >= 11 is 0. The van der Waals surface area contributed by atoms with Crippen LogP contribution in [0.15, 0.2) is 0 Å². The molecule has 0 spiro atoms. The van der Waals surface area contributed by atoms with Crippen molar-refractivity contribution in [2.24, 2.45) is 22.5 Å². The first-order valence-corrected chi connectivity index (χ1v) is 5.91. The van der Waals surface area contributed by atoms with Crippen LogP contribution in [0.5, 0.6) is 0 Å². The maximum Gasteiger partial charge on any atom is 0.0755 e. The Hall–Kier alpha value is 0.210. The number of rotatable bonds is 2. The molecule has 2 aliphatic rings. The highest BCUT2D eigenvalue weighted by Gasteiger charge is 2.66. The van der Waals surface area contributed by atoms with Crippen LogP contribution in [0.1, 0.15) is 46.5 Å². The molecule has 3 N–H and O–H groups in total. The fourth-order valence-corrected chi connectivity index (χ4v) is 4.30. The van der Waals surface area contributed by atoms with E-state index < -0.39 is 0 Å². The molecule has 2 rings (SSSR count). The lowest BCUT2D eigenvalue weighted by Gasteiger charge is -2.40. The molecule has 2 fully saturated rings. The van der Waals surface area contributed by atoms with Crippen LogP contribution >= 0.6 is 12.4 Å². The van der Waals surface area contributed by atoms with Gasteiger partial charge in [0.25, 0.3) is 0 Å². The second-order valence-electron chi connectivity index (χ2n) is 5.80. The molecule has 0 radical (unpaired) electrons. The summed E-state index contributed by atoms with van der Waals surface area (Å²) < 4.78 is 0. The monoisotopic (exact) mass is 233 g/mol. The first-order valence-electron chi connectivity index (χ1n) is 5.91. The Morgan fingerprint density at radius 2 is 2.00 bits per heavy atom. The van der Waals surface area contributed by atoms with Gasteiger partial charge >= 0.3 is 0 Å². The predicted octanol–water partition coefficient (Wildman–Crippen LogP) is 2.33. The van der Waals surface area contributed by atoms with Crippen LogP contribution in [0.4, 0.5) is 0 Å². The van der Waals surface area contributed by atoms with E-state index in [1.54, 1.807) is 0 Å². The lowest BCUT2D eigenvalue weighted by atomic mass is 9.66. The molecule has 2 aliphatic carbocycles. The molecule has 90 valence electrons. The van der Waals surface area contributed by atoms with Crippen LogP contribution in [-0.4, -0.2) is 17.3 Å². The van der Waals surface area contributed by atoms with Gasteiger partial charge in [-0.15, -0.1) is 12.4 Å². The van der Waals surface area contributed by atoms with E-state index in [1.807, 2.05) is 0 Å². The van der Waals surface area contributed by atoms with Crippen molar-refractivity contribution in [1.29, 1.82) is 0 Å². The summed E-state index contributed by atoms with van der Waals surface area (Å²) in [5.41, 5.74) is 6.46.